The summed E-state index contributed by atoms with van der Waals surface area (Å²) >= 11 is 0. The maximum absolute atomic E-state index is 13.0. The van der Waals surface area contributed by atoms with Crippen molar-refractivity contribution in [2.75, 3.05) is 17.2 Å². The first kappa shape index (κ1) is 22.2. The number of nitrogens with one attached hydrogen (secondary N) is 1. The Kier molecular flexibility index (Phi) is 7.09. The highest BCUT2D eigenvalue weighted by molar-refractivity contribution is 7.89. The molecule has 0 radical (unpaired) electrons. The van der Waals surface area contributed by atoms with Crippen LogP contribution < -0.4 is 15.4 Å². The van der Waals surface area contributed by atoms with Gasteiger partial charge in [0.25, 0.3) is 5.91 Å². The number of halogens is 1. The van der Waals surface area contributed by atoms with Gasteiger partial charge in [-0.2, -0.15) is 0 Å². The third-order valence-corrected chi connectivity index (χ3v) is 6.52. The van der Waals surface area contributed by atoms with Gasteiger partial charge in [-0.05, 0) is 68.1 Å². The molecule has 1 heterocycles. The van der Waals surface area contributed by atoms with E-state index in [1.165, 1.54) is 12.1 Å². The standard InChI is InChI=1S/C20H25N3O3S.ClH/c1-3-14(2)22-27(25,26)16-11-9-15(10-12-16)20(24)23-13-5-6-17-18(21)7-4-8-19(17)23;/h4,7-12,14,22H,3,5-6,13,21H2,1-2H3;1H. The summed E-state index contributed by atoms with van der Waals surface area (Å²) in [4.78, 5) is 14.9. The molecule has 1 aliphatic rings. The van der Waals surface area contributed by atoms with Crippen LogP contribution in [0.4, 0.5) is 11.4 Å². The summed E-state index contributed by atoms with van der Waals surface area (Å²) in [5.74, 6) is -0.152. The summed E-state index contributed by atoms with van der Waals surface area (Å²) in [7, 11) is -3.58. The van der Waals surface area contributed by atoms with Gasteiger partial charge in [0, 0.05) is 29.5 Å². The number of carbonyl (C=O) groups excluding carboxylic acids is 1. The van der Waals surface area contributed by atoms with Crippen LogP contribution in [-0.4, -0.2) is 26.9 Å². The summed E-state index contributed by atoms with van der Waals surface area (Å²) < 4.78 is 27.3. The lowest BCUT2D eigenvalue weighted by atomic mass is 9.99. The average Bonchev–Trinajstić information content (AvgIpc) is 2.67. The van der Waals surface area contributed by atoms with Crippen LogP contribution in [0.25, 0.3) is 0 Å². The lowest BCUT2D eigenvalue weighted by Gasteiger charge is -2.30. The van der Waals surface area contributed by atoms with E-state index >= 15 is 0 Å². The van der Waals surface area contributed by atoms with E-state index in [4.69, 9.17) is 5.73 Å². The van der Waals surface area contributed by atoms with Gasteiger partial charge in [-0.3, -0.25) is 4.79 Å². The molecule has 0 spiro atoms. The highest BCUT2D eigenvalue weighted by Crippen LogP contribution is 2.32. The van der Waals surface area contributed by atoms with E-state index < -0.39 is 10.0 Å². The number of carbonyl (C=O) groups is 1. The Morgan fingerprint density at radius 2 is 1.89 bits per heavy atom. The first-order valence-electron chi connectivity index (χ1n) is 9.15. The van der Waals surface area contributed by atoms with Gasteiger partial charge in [-0.15, -0.1) is 12.4 Å². The Morgan fingerprint density at radius 1 is 1.21 bits per heavy atom. The van der Waals surface area contributed by atoms with Crippen molar-refractivity contribution in [1.29, 1.82) is 0 Å². The molecule has 3 N–H and O–H groups in total. The number of amides is 1. The second-order valence-corrected chi connectivity index (χ2v) is 8.57. The Balaban J connectivity index is 0.00000280. The number of anilines is 2. The van der Waals surface area contributed by atoms with Crippen LogP contribution in [0.2, 0.25) is 0 Å². The zero-order valence-corrected chi connectivity index (χ0v) is 17.6. The number of rotatable bonds is 5. The molecule has 0 fully saturated rings. The zero-order valence-electron chi connectivity index (χ0n) is 16.0. The molecule has 6 nitrogen and oxygen atoms in total. The number of nitrogen functional groups attached to an aromatic ring is 1. The van der Waals surface area contributed by atoms with E-state index in [1.54, 1.807) is 17.0 Å². The van der Waals surface area contributed by atoms with Gasteiger partial charge in [0.1, 0.15) is 0 Å². The number of benzene rings is 2. The first-order chi connectivity index (χ1) is 12.8. The Morgan fingerprint density at radius 3 is 2.54 bits per heavy atom. The van der Waals surface area contributed by atoms with E-state index in [2.05, 4.69) is 4.72 Å². The minimum atomic E-state index is -3.58. The first-order valence-corrected chi connectivity index (χ1v) is 10.6. The van der Waals surface area contributed by atoms with Gasteiger partial charge in [0.05, 0.1) is 4.90 Å². The monoisotopic (exact) mass is 423 g/mol. The SMILES string of the molecule is CCC(C)NS(=O)(=O)c1ccc(C(=O)N2CCCc3c(N)cccc32)cc1.Cl. The second-order valence-electron chi connectivity index (χ2n) is 6.86. The fourth-order valence-corrected chi connectivity index (χ4v) is 4.54. The van der Waals surface area contributed by atoms with Crippen molar-refractivity contribution in [1.82, 2.24) is 4.72 Å². The van der Waals surface area contributed by atoms with Crippen LogP contribution in [-0.2, 0) is 16.4 Å². The molecule has 0 saturated heterocycles. The van der Waals surface area contributed by atoms with Crippen LogP contribution in [0.3, 0.4) is 0 Å². The van der Waals surface area contributed by atoms with Crippen molar-refractivity contribution in [2.45, 2.75) is 44.0 Å². The molecular formula is C20H26ClN3O3S. The smallest absolute Gasteiger partial charge is 0.258 e. The van der Waals surface area contributed by atoms with Crippen LogP contribution >= 0.6 is 12.4 Å². The van der Waals surface area contributed by atoms with Gasteiger partial charge < -0.3 is 10.6 Å². The molecule has 3 rings (SSSR count). The van der Waals surface area contributed by atoms with Gasteiger partial charge in [0.2, 0.25) is 10.0 Å². The average molecular weight is 424 g/mol. The van der Waals surface area contributed by atoms with Gasteiger partial charge >= 0.3 is 0 Å². The van der Waals surface area contributed by atoms with Crippen molar-refractivity contribution in [3.8, 4) is 0 Å². The zero-order chi connectivity index (χ0) is 19.6. The third-order valence-electron chi connectivity index (χ3n) is 4.91. The van der Waals surface area contributed by atoms with Crippen LogP contribution in [0, 0.1) is 0 Å². The number of hydrogen-bond donors (Lipinski definition) is 2. The largest absolute Gasteiger partial charge is 0.398 e. The van der Waals surface area contributed by atoms with Crippen LogP contribution in [0.5, 0.6) is 0 Å². The maximum atomic E-state index is 13.0. The third kappa shape index (κ3) is 4.48. The highest BCUT2D eigenvalue weighted by atomic mass is 35.5. The maximum Gasteiger partial charge on any atom is 0.258 e. The highest BCUT2D eigenvalue weighted by Gasteiger charge is 2.25. The summed E-state index contributed by atoms with van der Waals surface area (Å²) in [5.41, 5.74) is 9.03. The van der Waals surface area contributed by atoms with E-state index in [0.29, 0.717) is 24.2 Å². The molecule has 8 heteroatoms. The van der Waals surface area contributed by atoms with Crippen LogP contribution in [0.1, 0.15) is 42.6 Å². The summed E-state index contributed by atoms with van der Waals surface area (Å²) in [6, 6.07) is 11.5. The topological polar surface area (TPSA) is 92.5 Å². The summed E-state index contributed by atoms with van der Waals surface area (Å²) in [6.07, 6.45) is 2.40. The van der Waals surface area contributed by atoms with Crippen molar-refractivity contribution < 1.29 is 13.2 Å². The summed E-state index contributed by atoms with van der Waals surface area (Å²) in [5, 5.41) is 0. The molecule has 1 unspecified atom stereocenters. The van der Waals surface area contributed by atoms with Gasteiger partial charge in [0.15, 0.2) is 0 Å². The molecule has 2 aromatic rings. The number of nitrogens with two attached hydrogens (primary N) is 1. The normalized spacial score (nSPS) is 14.7. The number of hydrogen-bond acceptors (Lipinski definition) is 4. The quantitative estimate of drug-likeness (QED) is 0.721. The van der Waals surface area contributed by atoms with Crippen molar-refractivity contribution >= 4 is 39.7 Å². The number of sulfonamides is 1. The van der Waals surface area contributed by atoms with Gasteiger partial charge in [-0.1, -0.05) is 13.0 Å². The molecule has 0 bridgehead atoms. The predicted molar refractivity (Wildman–Crippen MR) is 115 cm³/mol. The van der Waals surface area contributed by atoms with E-state index in [0.717, 1.165) is 24.1 Å². The molecule has 2 aromatic carbocycles. The Bertz CT molecular complexity index is 946. The lowest BCUT2D eigenvalue weighted by molar-refractivity contribution is 0.0985. The minimum Gasteiger partial charge on any atom is -0.398 e. The molecule has 0 aromatic heterocycles. The number of nitrogens with zero attached hydrogens (tertiary/aromatic N) is 1. The summed E-state index contributed by atoms with van der Waals surface area (Å²) in [6.45, 7) is 4.35. The number of fused-ring (bicyclic) bond motifs is 1. The van der Waals surface area contributed by atoms with E-state index in [9.17, 15) is 13.2 Å². The molecule has 1 aliphatic heterocycles. The molecule has 28 heavy (non-hydrogen) atoms. The molecule has 0 aliphatic carbocycles. The second kappa shape index (κ2) is 8.94. The fraction of sp³-hybridized carbons (Fsp3) is 0.350. The van der Waals surface area contributed by atoms with E-state index in [1.807, 2.05) is 32.0 Å². The Hall–Kier alpha value is -2.09. The molecule has 0 saturated carbocycles. The fourth-order valence-electron chi connectivity index (χ4n) is 3.21. The predicted octanol–water partition coefficient (Wildman–Crippen LogP) is 3.36. The molecule has 152 valence electrons. The molecular weight excluding hydrogens is 398 g/mol. The van der Waals surface area contributed by atoms with Crippen LogP contribution in [0.15, 0.2) is 47.4 Å². The Labute approximate surface area is 172 Å². The minimum absolute atomic E-state index is 0. The van der Waals surface area contributed by atoms with Gasteiger partial charge in [-0.25, -0.2) is 13.1 Å². The molecule has 1 amide bonds. The van der Waals surface area contributed by atoms with E-state index in [-0.39, 0.29) is 29.3 Å². The van der Waals surface area contributed by atoms with Crippen molar-refractivity contribution in [3.05, 3.63) is 53.6 Å². The van der Waals surface area contributed by atoms with Crippen molar-refractivity contribution in [2.24, 2.45) is 0 Å². The van der Waals surface area contributed by atoms with Crippen molar-refractivity contribution in [3.63, 3.8) is 0 Å². The lowest BCUT2D eigenvalue weighted by Crippen LogP contribution is -2.36. The molecule has 1 atom stereocenters.